The Hall–Kier alpha value is -0.283. The van der Waals surface area contributed by atoms with Gasteiger partial charge in [0.2, 0.25) is 8.32 Å². The quantitative estimate of drug-likeness (QED) is 0.528. The molecule has 0 aromatic rings. The van der Waals surface area contributed by atoms with Gasteiger partial charge in [-0.3, -0.25) is 0 Å². The molecule has 0 aromatic heterocycles. The molecule has 2 nitrogen and oxygen atoms in total. The van der Waals surface area contributed by atoms with Crippen LogP contribution in [0.25, 0.3) is 0 Å². The second-order valence-corrected chi connectivity index (χ2v) is 8.18. The standard InChI is InChI=1S/C11H22O2Si/c1-4-8-12-11(5-2)14(3)10-7-6-9-13-14/h4,8,11H,5-7,9-10H2,1-3H3. The van der Waals surface area contributed by atoms with E-state index in [0.717, 1.165) is 13.0 Å². The van der Waals surface area contributed by atoms with Gasteiger partial charge in [-0.2, -0.15) is 0 Å². The highest BCUT2D eigenvalue weighted by Crippen LogP contribution is 2.28. The molecule has 2 unspecified atom stereocenters. The van der Waals surface area contributed by atoms with Crippen LogP contribution in [0.15, 0.2) is 12.3 Å². The Bertz CT molecular complexity index is 186. The summed E-state index contributed by atoms with van der Waals surface area (Å²) < 4.78 is 11.7. The van der Waals surface area contributed by atoms with Crippen molar-refractivity contribution in [1.29, 1.82) is 0 Å². The molecule has 0 bridgehead atoms. The van der Waals surface area contributed by atoms with Crippen LogP contribution in [0, 0.1) is 0 Å². The fourth-order valence-corrected chi connectivity index (χ4v) is 5.50. The zero-order valence-corrected chi connectivity index (χ0v) is 10.6. The van der Waals surface area contributed by atoms with Gasteiger partial charge in [0.1, 0.15) is 5.73 Å². The smallest absolute Gasteiger partial charge is 0.231 e. The second-order valence-electron chi connectivity index (χ2n) is 4.12. The molecule has 1 aliphatic heterocycles. The van der Waals surface area contributed by atoms with Crippen molar-refractivity contribution in [3.8, 4) is 0 Å². The highest BCUT2D eigenvalue weighted by molar-refractivity contribution is 6.73. The first-order chi connectivity index (χ1) is 6.73. The summed E-state index contributed by atoms with van der Waals surface area (Å²) in [5, 5.41) is 0. The van der Waals surface area contributed by atoms with Crippen molar-refractivity contribution in [2.75, 3.05) is 6.61 Å². The Morgan fingerprint density at radius 1 is 1.50 bits per heavy atom. The van der Waals surface area contributed by atoms with Crippen molar-refractivity contribution in [3.63, 3.8) is 0 Å². The van der Waals surface area contributed by atoms with E-state index in [-0.39, 0.29) is 0 Å². The maximum absolute atomic E-state index is 6.00. The average molecular weight is 214 g/mol. The van der Waals surface area contributed by atoms with Gasteiger partial charge in [0, 0.05) is 6.61 Å². The molecule has 0 aromatic carbocycles. The summed E-state index contributed by atoms with van der Waals surface area (Å²) in [6.07, 6.45) is 7.36. The lowest BCUT2D eigenvalue weighted by molar-refractivity contribution is 0.152. The van der Waals surface area contributed by atoms with Crippen LogP contribution in [0.1, 0.15) is 33.1 Å². The van der Waals surface area contributed by atoms with Crippen LogP contribution < -0.4 is 0 Å². The van der Waals surface area contributed by atoms with Crippen LogP contribution in [0.3, 0.4) is 0 Å². The number of hydrogen-bond acceptors (Lipinski definition) is 2. The van der Waals surface area contributed by atoms with Gasteiger partial charge in [-0.15, -0.1) is 0 Å². The Morgan fingerprint density at radius 2 is 2.29 bits per heavy atom. The summed E-state index contributed by atoms with van der Waals surface area (Å²) in [7, 11) is -1.58. The van der Waals surface area contributed by atoms with E-state index in [1.54, 1.807) is 0 Å². The van der Waals surface area contributed by atoms with Gasteiger partial charge in [0.05, 0.1) is 6.26 Å². The molecule has 14 heavy (non-hydrogen) atoms. The van der Waals surface area contributed by atoms with Crippen LogP contribution in [-0.2, 0) is 9.16 Å². The maximum atomic E-state index is 6.00. The van der Waals surface area contributed by atoms with E-state index in [4.69, 9.17) is 9.16 Å². The van der Waals surface area contributed by atoms with Crippen LogP contribution in [-0.4, -0.2) is 20.7 Å². The van der Waals surface area contributed by atoms with E-state index < -0.39 is 8.32 Å². The molecular weight excluding hydrogens is 192 g/mol. The fourth-order valence-electron chi connectivity index (χ4n) is 2.05. The number of hydrogen-bond donors (Lipinski definition) is 0. The minimum Gasteiger partial charge on any atom is -0.499 e. The van der Waals surface area contributed by atoms with Crippen molar-refractivity contribution in [2.24, 2.45) is 0 Å². The number of allylic oxidation sites excluding steroid dienone is 1. The second kappa shape index (κ2) is 5.56. The largest absolute Gasteiger partial charge is 0.499 e. The summed E-state index contributed by atoms with van der Waals surface area (Å²) in [5.74, 6) is 0. The van der Waals surface area contributed by atoms with Gasteiger partial charge in [-0.05, 0) is 32.4 Å². The van der Waals surface area contributed by atoms with Crippen molar-refractivity contribution in [2.45, 2.75) is 51.4 Å². The zero-order valence-electron chi connectivity index (χ0n) is 9.58. The Balaban J connectivity index is 2.55. The van der Waals surface area contributed by atoms with Crippen LogP contribution in [0.4, 0.5) is 0 Å². The monoisotopic (exact) mass is 214 g/mol. The molecule has 1 aliphatic rings. The van der Waals surface area contributed by atoms with E-state index in [1.165, 1.54) is 18.9 Å². The lowest BCUT2D eigenvalue weighted by Crippen LogP contribution is -2.50. The molecule has 1 heterocycles. The lowest BCUT2D eigenvalue weighted by Gasteiger charge is -2.37. The minimum absolute atomic E-state index is 0.332. The molecule has 82 valence electrons. The lowest BCUT2D eigenvalue weighted by atomic mass is 10.4. The molecule has 0 radical (unpaired) electrons. The van der Waals surface area contributed by atoms with E-state index in [1.807, 2.05) is 19.3 Å². The summed E-state index contributed by atoms with van der Waals surface area (Å²) in [6.45, 7) is 7.42. The Kier molecular flexibility index (Phi) is 4.68. The maximum Gasteiger partial charge on any atom is 0.231 e. The predicted octanol–water partition coefficient (Wildman–Crippen LogP) is 3.24. The molecule has 1 fully saturated rings. The first-order valence-electron chi connectivity index (χ1n) is 5.63. The molecular formula is C11H22O2Si. The third-order valence-corrected chi connectivity index (χ3v) is 7.05. The predicted molar refractivity (Wildman–Crippen MR) is 61.6 cm³/mol. The van der Waals surface area contributed by atoms with Crippen molar-refractivity contribution >= 4 is 8.32 Å². The molecule has 1 saturated heterocycles. The van der Waals surface area contributed by atoms with E-state index in [9.17, 15) is 0 Å². The van der Waals surface area contributed by atoms with Gasteiger partial charge in [-0.1, -0.05) is 19.4 Å². The van der Waals surface area contributed by atoms with Crippen LogP contribution in [0.5, 0.6) is 0 Å². The SMILES string of the molecule is CC=COC(CC)[Si]1(C)CCCCO1. The molecule has 0 saturated carbocycles. The van der Waals surface area contributed by atoms with Crippen molar-refractivity contribution in [1.82, 2.24) is 0 Å². The normalized spacial score (nSPS) is 30.5. The van der Waals surface area contributed by atoms with Gasteiger partial charge < -0.3 is 9.16 Å². The summed E-state index contributed by atoms with van der Waals surface area (Å²) >= 11 is 0. The third-order valence-electron chi connectivity index (χ3n) is 2.93. The van der Waals surface area contributed by atoms with Gasteiger partial charge in [-0.25, -0.2) is 0 Å². The highest BCUT2D eigenvalue weighted by Gasteiger charge is 2.40. The highest BCUT2D eigenvalue weighted by atomic mass is 28.4. The molecule has 2 atom stereocenters. The number of rotatable bonds is 4. The summed E-state index contributed by atoms with van der Waals surface area (Å²) in [6, 6.07) is 1.25. The molecule has 0 aliphatic carbocycles. The third kappa shape index (κ3) is 2.85. The molecule has 1 rings (SSSR count). The Labute approximate surface area is 88.4 Å². The first-order valence-corrected chi connectivity index (χ1v) is 8.33. The number of ether oxygens (including phenoxy) is 1. The zero-order chi connectivity index (χ0) is 10.4. The van der Waals surface area contributed by atoms with E-state index >= 15 is 0 Å². The topological polar surface area (TPSA) is 18.5 Å². The Morgan fingerprint density at radius 3 is 2.79 bits per heavy atom. The van der Waals surface area contributed by atoms with Crippen LogP contribution >= 0.6 is 0 Å². The first kappa shape index (κ1) is 11.8. The van der Waals surface area contributed by atoms with E-state index in [2.05, 4.69) is 13.5 Å². The van der Waals surface area contributed by atoms with Crippen molar-refractivity contribution in [3.05, 3.63) is 12.3 Å². The summed E-state index contributed by atoms with van der Waals surface area (Å²) in [4.78, 5) is 0. The molecule has 0 amide bonds. The summed E-state index contributed by atoms with van der Waals surface area (Å²) in [5.41, 5.74) is 0.332. The van der Waals surface area contributed by atoms with Gasteiger partial charge >= 0.3 is 0 Å². The van der Waals surface area contributed by atoms with E-state index in [0.29, 0.717) is 5.73 Å². The minimum atomic E-state index is -1.58. The fraction of sp³-hybridized carbons (Fsp3) is 0.818. The van der Waals surface area contributed by atoms with Crippen molar-refractivity contribution < 1.29 is 9.16 Å². The van der Waals surface area contributed by atoms with Gasteiger partial charge in [0.25, 0.3) is 0 Å². The van der Waals surface area contributed by atoms with Crippen LogP contribution in [0.2, 0.25) is 12.6 Å². The molecule has 0 spiro atoms. The average Bonchev–Trinajstić information content (AvgIpc) is 2.20. The molecule has 0 N–H and O–H groups in total. The molecule has 3 heteroatoms. The van der Waals surface area contributed by atoms with Gasteiger partial charge in [0.15, 0.2) is 0 Å².